The number of fused-ring (bicyclic) bond motifs is 1. The van der Waals surface area contributed by atoms with Crippen molar-refractivity contribution in [2.75, 3.05) is 19.0 Å². The van der Waals surface area contributed by atoms with Gasteiger partial charge in [0.05, 0.1) is 41.2 Å². The highest BCUT2D eigenvalue weighted by Gasteiger charge is 2.16. The molecule has 11 heteroatoms. The zero-order valence-corrected chi connectivity index (χ0v) is 16.9. The maximum atomic E-state index is 12.4. The predicted molar refractivity (Wildman–Crippen MR) is 111 cm³/mol. The molecule has 0 bridgehead atoms. The number of ether oxygens (including phenoxy) is 2. The molecule has 0 aliphatic heterocycles. The van der Waals surface area contributed by atoms with Gasteiger partial charge in [-0.15, -0.1) is 0 Å². The van der Waals surface area contributed by atoms with Crippen LogP contribution in [0.2, 0.25) is 0 Å². The van der Waals surface area contributed by atoms with Crippen LogP contribution in [0.15, 0.2) is 47.3 Å². The van der Waals surface area contributed by atoms with Gasteiger partial charge in [0.1, 0.15) is 5.75 Å². The summed E-state index contributed by atoms with van der Waals surface area (Å²) in [5, 5.41) is 13.3. The van der Waals surface area contributed by atoms with Crippen LogP contribution in [0.3, 0.4) is 0 Å². The average molecular weight is 428 g/mol. The topological polar surface area (TPSA) is 135 Å². The molecule has 162 valence electrons. The molecule has 0 fully saturated rings. The van der Waals surface area contributed by atoms with Gasteiger partial charge in [-0.05, 0) is 18.2 Å². The van der Waals surface area contributed by atoms with Crippen molar-refractivity contribution in [3.63, 3.8) is 0 Å². The first-order valence-electron chi connectivity index (χ1n) is 9.24. The van der Waals surface area contributed by atoms with Crippen molar-refractivity contribution in [2.24, 2.45) is 7.05 Å². The molecule has 1 heterocycles. The molecule has 0 spiro atoms. The summed E-state index contributed by atoms with van der Waals surface area (Å²) in [5.41, 5.74) is 1.21. The number of nitro groups is 1. The number of methoxy groups -OCH3 is 1. The Kier molecular flexibility index (Phi) is 6.34. The van der Waals surface area contributed by atoms with Crippen LogP contribution in [0, 0.1) is 10.1 Å². The Bertz CT molecular complexity index is 1210. The van der Waals surface area contributed by atoms with E-state index in [4.69, 9.17) is 9.47 Å². The second-order valence-electron chi connectivity index (χ2n) is 6.58. The fourth-order valence-electron chi connectivity index (χ4n) is 3.08. The number of esters is 1. The lowest BCUT2D eigenvalue weighted by Gasteiger charge is -2.10. The molecule has 1 aromatic heterocycles. The number of anilines is 1. The number of nitrogens with zero attached hydrogens (tertiary/aromatic N) is 3. The van der Waals surface area contributed by atoms with Gasteiger partial charge in [0.25, 0.3) is 11.6 Å². The number of imidazole rings is 1. The van der Waals surface area contributed by atoms with Gasteiger partial charge < -0.3 is 14.8 Å². The Morgan fingerprint density at radius 2 is 1.87 bits per heavy atom. The van der Waals surface area contributed by atoms with Crippen LogP contribution < -0.4 is 15.7 Å². The van der Waals surface area contributed by atoms with E-state index in [1.165, 1.54) is 34.4 Å². The fourth-order valence-corrected chi connectivity index (χ4v) is 3.08. The number of carbonyl (C=O) groups excluding carboxylic acids is 2. The standard InChI is InChI=1S/C20H20N4O7/c1-22-15-5-3-4-6-16(15)23(20(22)27)10-9-19(26)31-12-18(25)21-14-8-7-13(24(28)29)11-17(14)30-2/h3-8,11H,9-10,12H2,1-2H3,(H,21,25). The monoisotopic (exact) mass is 428 g/mol. The third kappa shape index (κ3) is 4.71. The van der Waals surface area contributed by atoms with Gasteiger partial charge in [0.15, 0.2) is 6.61 Å². The first-order chi connectivity index (χ1) is 14.8. The van der Waals surface area contributed by atoms with Gasteiger partial charge in [-0.1, -0.05) is 12.1 Å². The normalized spacial score (nSPS) is 10.6. The third-order valence-corrected chi connectivity index (χ3v) is 4.63. The Hall–Kier alpha value is -4.15. The number of nitro benzene ring substituents is 1. The van der Waals surface area contributed by atoms with Crippen molar-refractivity contribution in [3.05, 3.63) is 63.1 Å². The number of aromatic nitrogens is 2. The summed E-state index contributed by atoms with van der Waals surface area (Å²) in [6, 6.07) is 10.9. The van der Waals surface area contributed by atoms with Crippen molar-refractivity contribution in [2.45, 2.75) is 13.0 Å². The predicted octanol–water partition coefficient (Wildman–Crippen LogP) is 1.83. The minimum atomic E-state index is -0.648. The molecule has 0 radical (unpaired) electrons. The highest BCUT2D eigenvalue weighted by molar-refractivity contribution is 5.94. The molecular weight excluding hydrogens is 408 g/mol. The van der Waals surface area contributed by atoms with E-state index in [0.717, 1.165) is 5.52 Å². The Morgan fingerprint density at radius 3 is 2.55 bits per heavy atom. The summed E-state index contributed by atoms with van der Waals surface area (Å²) in [5.74, 6) is -1.18. The Labute approximate surface area is 175 Å². The number of aryl methyl sites for hydroxylation is 2. The second kappa shape index (κ2) is 9.11. The zero-order chi connectivity index (χ0) is 22.5. The van der Waals surface area contributed by atoms with Gasteiger partial charge in [0.2, 0.25) is 0 Å². The molecule has 1 N–H and O–H groups in total. The number of para-hydroxylation sites is 2. The van der Waals surface area contributed by atoms with Crippen LogP contribution in [0.5, 0.6) is 5.75 Å². The minimum Gasteiger partial charge on any atom is -0.494 e. The van der Waals surface area contributed by atoms with Crippen LogP contribution in [0.1, 0.15) is 6.42 Å². The number of hydrogen-bond acceptors (Lipinski definition) is 7. The van der Waals surface area contributed by atoms with Crippen LogP contribution in [0.25, 0.3) is 11.0 Å². The average Bonchev–Trinajstić information content (AvgIpc) is 3.01. The summed E-state index contributed by atoms with van der Waals surface area (Å²) in [6.07, 6.45) is -0.0952. The second-order valence-corrected chi connectivity index (χ2v) is 6.58. The van der Waals surface area contributed by atoms with Gasteiger partial charge in [-0.25, -0.2) is 4.79 Å². The molecule has 0 atom stereocenters. The van der Waals surface area contributed by atoms with Crippen LogP contribution >= 0.6 is 0 Å². The molecule has 3 aromatic rings. The number of rotatable bonds is 8. The minimum absolute atomic E-state index is 0.0952. The van der Waals surface area contributed by atoms with E-state index in [0.29, 0.717) is 5.52 Å². The number of non-ortho nitro benzene ring substituents is 1. The number of carbonyl (C=O) groups is 2. The van der Waals surface area contributed by atoms with E-state index in [-0.39, 0.29) is 35.8 Å². The SMILES string of the molecule is COc1cc([N+](=O)[O-])ccc1NC(=O)COC(=O)CCn1c(=O)n(C)c2ccccc21. The summed E-state index contributed by atoms with van der Waals surface area (Å²) >= 11 is 0. The molecule has 0 aliphatic rings. The van der Waals surface area contributed by atoms with Crippen LogP contribution in [0.4, 0.5) is 11.4 Å². The van der Waals surface area contributed by atoms with Gasteiger partial charge in [0, 0.05) is 19.7 Å². The first kappa shape index (κ1) is 21.6. The van der Waals surface area contributed by atoms with Crippen molar-refractivity contribution >= 4 is 34.3 Å². The van der Waals surface area contributed by atoms with Crippen molar-refractivity contribution in [1.82, 2.24) is 9.13 Å². The molecule has 1 amide bonds. The van der Waals surface area contributed by atoms with E-state index in [2.05, 4.69) is 5.32 Å². The fraction of sp³-hybridized carbons (Fsp3) is 0.250. The number of amides is 1. The molecular formula is C20H20N4O7. The molecule has 0 saturated carbocycles. The molecule has 2 aromatic carbocycles. The summed E-state index contributed by atoms with van der Waals surface area (Å²) in [6.45, 7) is -0.444. The summed E-state index contributed by atoms with van der Waals surface area (Å²) in [7, 11) is 2.96. The molecule has 0 unspecified atom stereocenters. The number of nitrogens with one attached hydrogen (secondary N) is 1. The Morgan fingerprint density at radius 1 is 1.16 bits per heavy atom. The molecule has 11 nitrogen and oxygen atoms in total. The summed E-state index contributed by atoms with van der Waals surface area (Å²) < 4.78 is 13.0. The zero-order valence-electron chi connectivity index (χ0n) is 16.9. The van der Waals surface area contributed by atoms with Gasteiger partial charge in [-0.2, -0.15) is 0 Å². The van der Waals surface area contributed by atoms with Gasteiger partial charge in [-0.3, -0.25) is 28.8 Å². The largest absolute Gasteiger partial charge is 0.494 e. The maximum absolute atomic E-state index is 12.4. The van der Waals surface area contributed by atoms with Crippen molar-refractivity contribution < 1.29 is 24.0 Å². The Balaban J connectivity index is 1.56. The van der Waals surface area contributed by atoms with Crippen molar-refractivity contribution in [3.8, 4) is 5.75 Å². The maximum Gasteiger partial charge on any atom is 0.328 e. The van der Waals surface area contributed by atoms with E-state index in [1.54, 1.807) is 19.2 Å². The highest BCUT2D eigenvalue weighted by atomic mass is 16.6. The third-order valence-electron chi connectivity index (χ3n) is 4.63. The molecule has 0 saturated heterocycles. The van der Waals surface area contributed by atoms with Crippen molar-refractivity contribution in [1.29, 1.82) is 0 Å². The summed E-state index contributed by atoms with van der Waals surface area (Å²) in [4.78, 5) is 46.7. The quantitative estimate of drug-likeness (QED) is 0.328. The number of hydrogen-bond donors (Lipinski definition) is 1. The number of benzene rings is 2. The van der Waals surface area contributed by atoms with Crippen LogP contribution in [-0.2, 0) is 27.9 Å². The lowest BCUT2D eigenvalue weighted by atomic mass is 10.2. The lowest BCUT2D eigenvalue weighted by Crippen LogP contribution is -2.25. The smallest absolute Gasteiger partial charge is 0.328 e. The molecule has 31 heavy (non-hydrogen) atoms. The lowest BCUT2D eigenvalue weighted by molar-refractivity contribution is -0.384. The van der Waals surface area contributed by atoms with Crippen LogP contribution in [-0.4, -0.2) is 39.7 Å². The van der Waals surface area contributed by atoms with E-state index < -0.39 is 23.4 Å². The molecule has 3 rings (SSSR count). The van der Waals surface area contributed by atoms with Gasteiger partial charge >= 0.3 is 11.7 Å². The van der Waals surface area contributed by atoms with E-state index in [1.807, 2.05) is 12.1 Å². The highest BCUT2D eigenvalue weighted by Crippen LogP contribution is 2.28. The van der Waals surface area contributed by atoms with E-state index in [9.17, 15) is 24.5 Å². The molecule has 0 aliphatic carbocycles. The van der Waals surface area contributed by atoms with E-state index >= 15 is 0 Å². The first-order valence-corrected chi connectivity index (χ1v) is 9.24.